The molecule has 0 saturated heterocycles. The Morgan fingerprint density at radius 3 is 1.94 bits per heavy atom. The molecule has 17 heavy (non-hydrogen) atoms. The van der Waals surface area contributed by atoms with Gasteiger partial charge in [-0.2, -0.15) is 26.3 Å². The van der Waals surface area contributed by atoms with Crippen LogP contribution >= 0.6 is 11.8 Å². The van der Waals surface area contributed by atoms with Gasteiger partial charge in [0.25, 0.3) is 0 Å². The number of carbonyl (C=O) groups excluding carboxylic acids is 1. The van der Waals surface area contributed by atoms with Gasteiger partial charge in [-0.25, -0.2) is 0 Å². The van der Waals surface area contributed by atoms with E-state index in [9.17, 15) is 31.1 Å². The molecule has 0 bridgehead atoms. The summed E-state index contributed by atoms with van der Waals surface area (Å²) < 4.78 is 75.9. The van der Waals surface area contributed by atoms with Gasteiger partial charge in [-0.3, -0.25) is 4.79 Å². The molecule has 0 atom stereocenters. The summed E-state index contributed by atoms with van der Waals surface area (Å²) in [7, 11) is 0. The van der Waals surface area contributed by atoms with E-state index in [1.165, 1.54) is 6.92 Å². The lowest BCUT2D eigenvalue weighted by Gasteiger charge is -2.30. The van der Waals surface area contributed by atoms with E-state index in [4.69, 9.17) is 0 Å². The molecule has 102 valence electrons. The summed E-state index contributed by atoms with van der Waals surface area (Å²) in [5, 5.41) is -0.452. The standard InChI is InChI=1S/C9H12F6OS/c1-3-6(16)17-5-4-8(12,13)9(14,15)7(2,10)11/h3-5H2,1-2H3. The Morgan fingerprint density at radius 2 is 1.59 bits per heavy atom. The Hall–Kier alpha value is -0.400. The SMILES string of the molecule is CCC(=O)SCCC(F)(F)C(F)(F)C(C)(F)F. The van der Waals surface area contributed by atoms with E-state index in [0.29, 0.717) is 11.8 Å². The van der Waals surface area contributed by atoms with Gasteiger partial charge in [0, 0.05) is 25.5 Å². The van der Waals surface area contributed by atoms with Gasteiger partial charge in [0.15, 0.2) is 5.12 Å². The van der Waals surface area contributed by atoms with Crippen molar-refractivity contribution in [2.24, 2.45) is 0 Å². The zero-order valence-electron chi connectivity index (χ0n) is 9.21. The van der Waals surface area contributed by atoms with E-state index in [1.54, 1.807) is 0 Å². The van der Waals surface area contributed by atoms with Gasteiger partial charge < -0.3 is 0 Å². The van der Waals surface area contributed by atoms with Gasteiger partial charge in [-0.15, -0.1) is 0 Å². The van der Waals surface area contributed by atoms with Crippen molar-refractivity contribution in [1.29, 1.82) is 0 Å². The highest BCUT2D eigenvalue weighted by Gasteiger charge is 2.68. The largest absolute Gasteiger partial charge is 0.371 e. The summed E-state index contributed by atoms with van der Waals surface area (Å²) >= 11 is 0.433. The van der Waals surface area contributed by atoms with Crippen LogP contribution in [-0.2, 0) is 4.79 Å². The van der Waals surface area contributed by atoms with E-state index in [0.717, 1.165) is 0 Å². The third-order valence-electron chi connectivity index (χ3n) is 1.98. The molecule has 0 N–H and O–H groups in total. The van der Waals surface area contributed by atoms with E-state index in [2.05, 4.69) is 0 Å². The molecule has 0 spiro atoms. The fourth-order valence-electron chi connectivity index (χ4n) is 0.873. The monoisotopic (exact) mass is 282 g/mol. The molecule has 0 radical (unpaired) electrons. The Morgan fingerprint density at radius 1 is 1.12 bits per heavy atom. The van der Waals surface area contributed by atoms with Gasteiger partial charge in [-0.1, -0.05) is 18.7 Å². The first-order valence-electron chi connectivity index (χ1n) is 4.75. The molecular formula is C9H12F6OS. The normalized spacial score (nSPS) is 13.9. The first kappa shape index (κ1) is 16.6. The highest BCUT2D eigenvalue weighted by molar-refractivity contribution is 8.13. The van der Waals surface area contributed by atoms with Crippen LogP contribution in [0.5, 0.6) is 0 Å². The predicted octanol–water partition coefficient (Wildman–Crippen LogP) is 3.97. The third kappa shape index (κ3) is 4.08. The molecule has 0 saturated carbocycles. The van der Waals surface area contributed by atoms with Crippen LogP contribution in [0.4, 0.5) is 26.3 Å². The predicted molar refractivity (Wildman–Crippen MR) is 52.9 cm³/mol. The van der Waals surface area contributed by atoms with E-state index in [1.807, 2.05) is 0 Å². The minimum atomic E-state index is -5.42. The van der Waals surface area contributed by atoms with Crippen molar-refractivity contribution in [3.8, 4) is 0 Å². The summed E-state index contributed by atoms with van der Waals surface area (Å²) in [4.78, 5) is 10.7. The number of alkyl halides is 6. The van der Waals surface area contributed by atoms with Gasteiger partial charge in [0.2, 0.25) is 0 Å². The average molecular weight is 282 g/mol. The zero-order chi connectivity index (χ0) is 13.9. The summed E-state index contributed by atoms with van der Waals surface area (Å²) in [6.45, 7) is 1.22. The summed E-state index contributed by atoms with van der Waals surface area (Å²) in [6.07, 6.45) is -1.41. The molecule has 0 fully saturated rings. The number of rotatable bonds is 6. The molecule has 0 rings (SSSR count). The van der Waals surface area contributed by atoms with Crippen LogP contribution in [0.15, 0.2) is 0 Å². The molecule has 0 aromatic carbocycles. The smallest absolute Gasteiger partial charge is 0.287 e. The molecule has 0 heterocycles. The minimum absolute atomic E-state index is 0.0660. The molecule has 0 aliphatic rings. The van der Waals surface area contributed by atoms with Gasteiger partial charge >= 0.3 is 17.8 Å². The summed E-state index contributed by atoms with van der Waals surface area (Å²) in [5.74, 6) is -15.7. The number of hydrogen-bond acceptors (Lipinski definition) is 2. The Labute approximate surface area is 98.9 Å². The Kier molecular flexibility index (Phi) is 5.37. The Bertz CT molecular complexity index is 273. The van der Waals surface area contributed by atoms with Crippen molar-refractivity contribution < 1.29 is 31.1 Å². The van der Waals surface area contributed by atoms with Crippen molar-refractivity contribution in [1.82, 2.24) is 0 Å². The van der Waals surface area contributed by atoms with Crippen LogP contribution in [0.3, 0.4) is 0 Å². The van der Waals surface area contributed by atoms with E-state index >= 15 is 0 Å². The van der Waals surface area contributed by atoms with Crippen LogP contribution in [-0.4, -0.2) is 28.6 Å². The molecular weight excluding hydrogens is 270 g/mol. The zero-order valence-corrected chi connectivity index (χ0v) is 10.0. The molecule has 1 nitrogen and oxygen atoms in total. The lowest BCUT2D eigenvalue weighted by atomic mass is 10.0. The maximum absolute atomic E-state index is 12.9. The number of halogens is 6. The van der Waals surface area contributed by atoms with Gasteiger partial charge in [0.05, 0.1) is 0 Å². The van der Waals surface area contributed by atoms with Crippen molar-refractivity contribution in [2.45, 2.75) is 44.5 Å². The van der Waals surface area contributed by atoms with Crippen LogP contribution < -0.4 is 0 Å². The second-order valence-corrected chi connectivity index (χ2v) is 4.64. The summed E-state index contributed by atoms with van der Waals surface area (Å²) in [6, 6.07) is 0. The van der Waals surface area contributed by atoms with Crippen molar-refractivity contribution in [3.63, 3.8) is 0 Å². The third-order valence-corrected chi connectivity index (χ3v) is 3.00. The highest BCUT2D eigenvalue weighted by Crippen LogP contribution is 2.47. The van der Waals surface area contributed by atoms with E-state index < -0.39 is 35.1 Å². The average Bonchev–Trinajstić information content (AvgIpc) is 2.15. The van der Waals surface area contributed by atoms with Crippen molar-refractivity contribution in [3.05, 3.63) is 0 Å². The quantitative estimate of drug-likeness (QED) is 0.686. The molecule has 0 aliphatic carbocycles. The van der Waals surface area contributed by atoms with Crippen molar-refractivity contribution in [2.75, 3.05) is 5.75 Å². The maximum Gasteiger partial charge on any atom is 0.371 e. The molecule has 0 aromatic heterocycles. The number of hydrogen-bond donors (Lipinski definition) is 0. The maximum atomic E-state index is 12.9. The Balaban J connectivity index is 4.52. The van der Waals surface area contributed by atoms with Crippen LogP contribution in [0, 0.1) is 0 Å². The first-order chi connectivity index (χ1) is 7.45. The van der Waals surface area contributed by atoms with Crippen LogP contribution in [0.2, 0.25) is 0 Å². The number of thioether (sulfide) groups is 1. The van der Waals surface area contributed by atoms with Gasteiger partial charge in [0.1, 0.15) is 0 Å². The summed E-state index contributed by atoms with van der Waals surface area (Å²) in [5.41, 5.74) is 0. The lowest BCUT2D eigenvalue weighted by Crippen LogP contribution is -2.52. The van der Waals surface area contributed by atoms with Gasteiger partial charge in [-0.05, 0) is 0 Å². The van der Waals surface area contributed by atoms with Crippen LogP contribution in [0.1, 0.15) is 26.7 Å². The highest BCUT2D eigenvalue weighted by atomic mass is 32.2. The molecule has 0 amide bonds. The lowest BCUT2D eigenvalue weighted by molar-refractivity contribution is -0.302. The molecule has 8 heteroatoms. The van der Waals surface area contributed by atoms with Crippen molar-refractivity contribution >= 4 is 16.9 Å². The molecule has 0 aromatic rings. The second kappa shape index (κ2) is 5.49. The minimum Gasteiger partial charge on any atom is -0.287 e. The topological polar surface area (TPSA) is 17.1 Å². The number of carbonyl (C=O) groups is 1. The fourth-order valence-corrected chi connectivity index (χ4v) is 1.66. The second-order valence-electron chi connectivity index (χ2n) is 3.49. The fraction of sp³-hybridized carbons (Fsp3) is 0.889. The van der Waals surface area contributed by atoms with Crippen LogP contribution in [0.25, 0.3) is 0 Å². The molecule has 0 unspecified atom stereocenters. The van der Waals surface area contributed by atoms with E-state index in [-0.39, 0.29) is 13.3 Å². The first-order valence-corrected chi connectivity index (χ1v) is 5.73. The molecule has 0 aliphatic heterocycles.